The van der Waals surface area contributed by atoms with Gasteiger partial charge in [-0.25, -0.2) is 0 Å². The van der Waals surface area contributed by atoms with Crippen molar-refractivity contribution in [3.63, 3.8) is 0 Å². The van der Waals surface area contributed by atoms with Crippen LogP contribution >= 0.6 is 0 Å². The van der Waals surface area contributed by atoms with Gasteiger partial charge in [0, 0.05) is 11.8 Å². The van der Waals surface area contributed by atoms with Crippen molar-refractivity contribution >= 4 is 28.5 Å². The van der Waals surface area contributed by atoms with E-state index in [1.165, 1.54) is 12.1 Å². The highest BCUT2D eigenvalue weighted by Gasteiger charge is 2.19. The summed E-state index contributed by atoms with van der Waals surface area (Å²) in [4.78, 5) is 20.3. The van der Waals surface area contributed by atoms with Crippen molar-refractivity contribution in [2.24, 2.45) is 5.10 Å². The lowest BCUT2D eigenvalue weighted by atomic mass is 10.1. The molecule has 0 saturated heterocycles. The molecule has 0 unspecified atom stereocenters. The monoisotopic (exact) mass is 315 g/mol. The van der Waals surface area contributed by atoms with Crippen molar-refractivity contribution in [1.29, 1.82) is 0 Å². The molecule has 0 radical (unpaired) electrons. The quantitative estimate of drug-likeness (QED) is 0.376. The van der Waals surface area contributed by atoms with Gasteiger partial charge in [0.25, 0.3) is 5.69 Å². The molecule has 0 amide bonds. The number of hydrogen-bond donors (Lipinski definition) is 2. The minimum atomic E-state index is -0.708. The summed E-state index contributed by atoms with van der Waals surface area (Å²) in [7, 11) is 0. The zero-order chi connectivity index (χ0) is 17.0. The molecule has 0 aliphatic rings. The van der Waals surface area contributed by atoms with Crippen LogP contribution in [-0.2, 0) is 0 Å². The van der Waals surface area contributed by atoms with E-state index in [2.05, 4.69) is 10.5 Å². The normalized spacial score (nSPS) is 11.1. The average molecular weight is 315 g/mol. The molecule has 0 saturated carbocycles. The highest BCUT2D eigenvalue weighted by Crippen LogP contribution is 2.29. The predicted molar refractivity (Wildman–Crippen MR) is 86.4 cm³/mol. The van der Waals surface area contributed by atoms with Crippen LogP contribution in [0.4, 0.5) is 22.7 Å². The summed E-state index contributed by atoms with van der Waals surface area (Å²) in [6.45, 7) is 1.71. The Labute approximate surface area is 130 Å². The molecule has 0 atom stereocenters. The highest BCUT2D eigenvalue weighted by molar-refractivity contribution is 5.99. The van der Waals surface area contributed by atoms with Gasteiger partial charge in [-0.2, -0.15) is 5.10 Å². The SMILES string of the molecule is C/C(=N/Nc1ccc([N+](=O)[O-])cc1[N+](=O)[O-])c1cccc(N)c1. The second-order valence-corrected chi connectivity index (χ2v) is 4.65. The number of nitro groups is 2. The fourth-order valence-electron chi connectivity index (χ4n) is 1.85. The third-order valence-electron chi connectivity index (χ3n) is 3.04. The molecule has 0 aromatic heterocycles. The van der Waals surface area contributed by atoms with E-state index < -0.39 is 15.5 Å². The van der Waals surface area contributed by atoms with E-state index in [0.29, 0.717) is 11.4 Å². The third-order valence-corrected chi connectivity index (χ3v) is 3.04. The molecule has 2 aromatic carbocycles. The lowest BCUT2D eigenvalue weighted by Gasteiger charge is -2.05. The first-order chi connectivity index (χ1) is 10.9. The molecular weight excluding hydrogens is 302 g/mol. The molecule has 9 heteroatoms. The van der Waals surface area contributed by atoms with Crippen LogP contribution in [0, 0.1) is 20.2 Å². The zero-order valence-electron chi connectivity index (χ0n) is 12.1. The van der Waals surface area contributed by atoms with E-state index in [1.807, 2.05) is 0 Å². The Morgan fingerprint density at radius 3 is 2.48 bits per heavy atom. The van der Waals surface area contributed by atoms with Crippen LogP contribution in [0.15, 0.2) is 47.6 Å². The van der Waals surface area contributed by atoms with Gasteiger partial charge in [0.15, 0.2) is 0 Å². The number of non-ortho nitro benzene ring substituents is 1. The standard InChI is InChI=1S/C14H13N5O4/c1-9(10-3-2-4-11(15)7-10)16-17-13-6-5-12(18(20)21)8-14(13)19(22)23/h2-8,17H,15H2,1H3/b16-9-. The summed E-state index contributed by atoms with van der Waals surface area (Å²) in [5, 5.41) is 25.8. The first-order valence-electron chi connectivity index (χ1n) is 6.47. The summed E-state index contributed by atoms with van der Waals surface area (Å²) in [5.74, 6) is 0. The van der Waals surface area contributed by atoms with Crippen molar-refractivity contribution in [3.8, 4) is 0 Å². The Bertz CT molecular complexity index is 804. The fourth-order valence-corrected chi connectivity index (χ4v) is 1.85. The van der Waals surface area contributed by atoms with Crippen molar-refractivity contribution in [2.75, 3.05) is 11.2 Å². The molecule has 0 spiro atoms. The van der Waals surface area contributed by atoms with Gasteiger partial charge in [-0.15, -0.1) is 0 Å². The van der Waals surface area contributed by atoms with Gasteiger partial charge in [-0.05, 0) is 30.7 Å². The summed E-state index contributed by atoms with van der Waals surface area (Å²) < 4.78 is 0. The Morgan fingerprint density at radius 2 is 1.87 bits per heavy atom. The van der Waals surface area contributed by atoms with Crippen LogP contribution in [0.25, 0.3) is 0 Å². The average Bonchev–Trinajstić information content (AvgIpc) is 2.52. The largest absolute Gasteiger partial charge is 0.399 e. The molecule has 23 heavy (non-hydrogen) atoms. The van der Waals surface area contributed by atoms with Crippen molar-refractivity contribution in [3.05, 3.63) is 68.3 Å². The van der Waals surface area contributed by atoms with Crippen LogP contribution in [0.3, 0.4) is 0 Å². The van der Waals surface area contributed by atoms with Gasteiger partial charge in [-0.1, -0.05) is 12.1 Å². The van der Waals surface area contributed by atoms with Crippen LogP contribution in [0.1, 0.15) is 12.5 Å². The van der Waals surface area contributed by atoms with Crippen molar-refractivity contribution in [2.45, 2.75) is 6.92 Å². The smallest absolute Gasteiger partial charge is 0.301 e. The van der Waals surface area contributed by atoms with E-state index in [4.69, 9.17) is 5.73 Å². The van der Waals surface area contributed by atoms with E-state index in [1.54, 1.807) is 31.2 Å². The molecule has 2 rings (SSSR count). The second-order valence-electron chi connectivity index (χ2n) is 4.65. The molecule has 3 N–H and O–H groups in total. The molecule has 0 fully saturated rings. The second kappa shape index (κ2) is 6.52. The predicted octanol–water partition coefficient (Wildman–Crippen LogP) is 2.92. The minimum Gasteiger partial charge on any atom is -0.399 e. The highest BCUT2D eigenvalue weighted by atomic mass is 16.6. The number of nitro benzene ring substituents is 2. The van der Waals surface area contributed by atoms with Gasteiger partial charge in [-0.3, -0.25) is 25.7 Å². The molecule has 118 valence electrons. The molecular formula is C14H13N5O4. The lowest BCUT2D eigenvalue weighted by molar-refractivity contribution is -0.393. The van der Waals surface area contributed by atoms with E-state index in [0.717, 1.165) is 11.6 Å². The number of anilines is 2. The van der Waals surface area contributed by atoms with Crippen LogP contribution in [0.5, 0.6) is 0 Å². The third kappa shape index (κ3) is 3.79. The van der Waals surface area contributed by atoms with Gasteiger partial charge < -0.3 is 5.73 Å². The van der Waals surface area contributed by atoms with E-state index >= 15 is 0 Å². The number of hydrazone groups is 1. The van der Waals surface area contributed by atoms with Crippen molar-refractivity contribution < 1.29 is 9.85 Å². The zero-order valence-corrected chi connectivity index (χ0v) is 12.1. The molecule has 0 heterocycles. The number of rotatable bonds is 5. The maximum atomic E-state index is 11.0. The molecule has 0 aliphatic carbocycles. The van der Waals surface area contributed by atoms with Crippen LogP contribution in [0.2, 0.25) is 0 Å². The fraction of sp³-hybridized carbons (Fsp3) is 0.0714. The van der Waals surface area contributed by atoms with Crippen LogP contribution < -0.4 is 11.2 Å². The van der Waals surface area contributed by atoms with Gasteiger partial charge in [0.05, 0.1) is 21.6 Å². The first-order valence-corrected chi connectivity index (χ1v) is 6.47. The number of benzene rings is 2. The number of nitrogens with zero attached hydrogens (tertiary/aromatic N) is 3. The molecule has 0 bridgehead atoms. The minimum absolute atomic E-state index is 0.0591. The number of nitrogens with two attached hydrogens (primary N) is 1. The topological polar surface area (TPSA) is 137 Å². The Hall–Kier alpha value is -3.49. The van der Waals surface area contributed by atoms with Gasteiger partial charge in [0.1, 0.15) is 5.69 Å². The summed E-state index contributed by atoms with van der Waals surface area (Å²) >= 11 is 0. The molecule has 9 nitrogen and oxygen atoms in total. The molecule has 2 aromatic rings. The summed E-state index contributed by atoms with van der Waals surface area (Å²) in [6, 6.07) is 10.3. The number of nitrogens with one attached hydrogen (secondary N) is 1. The molecule has 0 aliphatic heterocycles. The van der Waals surface area contributed by atoms with Crippen LogP contribution in [-0.4, -0.2) is 15.6 Å². The van der Waals surface area contributed by atoms with Crippen molar-refractivity contribution in [1.82, 2.24) is 0 Å². The van der Waals surface area contributed by atoms with E-state index in [9.17, 15) is 20.2 Å². The Morgan fingerprint density at radius 1 is 1.13 bits per heavy atom. The maximum Gasteiger partial charge on any atom is 0.301 e. The summed E-state index contributed by atoms with van der Waals surface area (Å²) in [5.41, 5.74) is 9.39. The summed E-state index contributed by atoms with van der Waals surface area (Å²) in [6.07, 6.45) is 0. The Balaban J connectivity index is 2.31. The van der Waals surface area contributed by atoms with Gasteiger partial charge in [0.2, 0.25) is 0 Å². The van der Waals surface area contributed by atoms with Gasteiger partial charge >= 0.3 is 5.69 Å². The first kappa shape index (κ1) is 15.9. The lowest BCUT2D eigenvalue weighted by Crippen LogP contribution is -2.03. The number of hydrogen-bond acceptors (Lipinski definition) is 7. The number of nitrogen functional groups attached to an aromatic ring is 1. The van der Waals surface area contributed by atoms with E-state index in [-0.39, 0.29) is 11.4 Å². The maximum absolute atomic E-state index is 11.0. The Kier molecular flexibility index (Phi) is 4.50.